The van der Waals surface area contributed by atoms with Crippen molar-refractivity contribution in [1.29, 1.82) is 0 Å². The quantitative estimate of drug-likeness (QED) is 0.372. The van der Waals surface area contributed by atoms with Crippen LogP contribution in [0.1, 0.15) is 39.3 Å². The minimum absolute atomic E-state index is 0. The lowest BCUT2D eigenvalue weighted by Gasteiger charge is -2.34. The first-order valence-corrected chi connectivity index (χ1v) is 9.40. The molecule has 1 heterocycles. The van der Waals surface area contributed by atoms with Crippen molar-refractivity contribution >= 4 is 41.5 Å². The third-order valence-electron chi connectivity index (χ3n) is 4.00. The second kappa shape index (κ2) is 11.3. The Morgan fingerprint density at radius 1 is 1.23 bits per heavy atom. The summed E-state index contributed by atoms with van der Waals surface area (Å²) in [4.78, 5) is 7.29. The standard InChI is InChI=1S/C19H31ClN4O.HI/c1-5-21-18(23-19(2,3)4)22-14-17(24-10-12-25-13-11-24)15-6-8-16(20)9-7-15;/h6-9,17H,5,10-14H2,1-4H3,(H2,21,22,23);1H. The molecule has 26 heavy (non-hydrogen) atoms. The first kappa shape index (κ1) is 23.5. The number of aliphatic imine (C=N–C) groups is 1. The van der Waals surface area contributed by atoms with Gasteiger partial charge in [0.25, 0.3) is 0 Å². The average Bonchev–Trinajstić information content (AvgIpc) is 2.56. The molecule has 0 amide bonds. The van der Waals surface area contributed by atoms with Crippen LogP contribution in [-0.2, 0) is 4.74 Å². The lowest BCUT2D eigenvalue weighted by Crippen LogP contribution is -2.48. The van der Waals surface area contributed by atoms with Crippen LogP contribution in [-0.4, -0.2) is 55.8 Å². The number of rotatable bonds is 5. The third-order valence-corrected chi connectivity index (χ3v) is 4.25. The number of halogens is 2. The number of nitrogens with zero attached hydrogens (tertiary/aromatic N) is 2. The number of guanidine groups is 1. The van der Waals surface area contributed by atoms with Gasteiger partial charge in [0.2, 0.25) is 0 Å². The largest absolute Gasteiger partial charge is 0.379 e. The molecular formula is C19H32ClIN4O. The van der Waals surface area contributed by atoms with Gasteiger partial charge in [0, 0.05) is 30.2 Å². The lowest BCUT2D eigenvalue weighted by atomic mass is 10.0. The van der Waals surface area contributed by atoms with E-state index in [1.807, 2.05) is 12.1 Å². The Labute approximate surface area is 179 Å². The van der Waals surface area contributed by atoms with Crippen LogP contribution in [0.5, 0.6) is 0 Å². The van der Waals surface area contributed by atoms with Gasteiger partial charge < -0.3 is 15.4 Å². The summed E-state index contributed by atoms with van der Waals surface area (Å²) in [7, 11) is 0. The van der Waals surface area contributed by atoms with Crippen molar-refractivity contribution in [2.24, 2.45) is 4.99 Å². The molecule has 1 aliphatic rings. The molecular weight excluding hydrogens is 463 g/mol. The van der Waals surface area contributed by atoms with Crippen LogP contribution in [0.2, 0.25) is 5.02 Å². The summed E-state index contributed by atoms with van der Waals surface area (Å²) < 4.78 is 5.51. The molecule has 1 aliphatic heterocycles. The molecule has 0 bridgehead atoms. The molecule has 7 heteroatoms. The Kier molecular flexibility index (Phi) is 10.2. The van der Waals surface area contributed by atoms with Crippen LogP contribution in [0.4, 0.5) is 0 Å². The fraction of sp³-hybridized carbons (Fsp3) is 0.632. The molecule has 1 saturated heterocycles. The molecule has 0 aliphatic carbocycles. The van der Waals surface area contributed by atoms with E-state index in [1.165, 1.54) is 5.56 Å². The molecule has 0 radical (unpaired) electrons. The fourth-order valence-corrected chi connectivity index (χ4v) is 2.97. The van der Waals surface area contributed by atoms with Gasteiger partial charge in [-0.25, -0.2) is 0 Å². The molecule has 148 valence electrons. The van der Waals surface area contributed by atoms with Crippen molar-refractivity contribution < 1.29 is 4.74 Å². The zero-order valence-corrected chi connectivity index (χ0v) is 19.3. The highest BCUT2D eigenvalue weighted by Gasteiger charge is 2.23. The predicted octanol–water partition coefficient (Wildman–Crippen LogP) is 3.68. The smallest absolute Gasteiger partial charge is 0.191 e. The van der Waals surface area contributed by atoms with Crippen LogP contribution in [0.25, 0.3) is 0 Å². The minimum Gasteiger partial charge on any atom is -0.379 e. The van der Waals surface area contributed by atoms with E-state index in [9.17, 15) is 0 Å². The van der Waals surface area contributed by atoms with Gasteiger partial charge in [0.15, 0.2) is 5.96 Å². The highest BCUT2D eigenvalue weighted by Crippen LogP contribution is 2.24. The summed E-state index contributed by atoms with van der Waals surface area (Å²) in [6.07, 6.45) is 0. The van der Waals surface area contributed by atoms with Crippen LogP contribution < -0.4 is 10.6 Å². The molecule has 5 nitrogen and oxygen atoms in total. The lowest BCUT2D eigenvalue weighted by molar-refractivity contribution is 0.0179. The Balaban J connectivity index is 0.00000338. The second-order valence-electron chi connectivity index (χ2n) is 7.31. The second-order valence-corrected chi connectivity index (χ2v) is 7.75. The summed E-state index contributed by atoms with van der Waals surface area (Å²) in [5.74, 6) is 0.849. The Bertz CT molecular complexity index is 554. The number of ether oxygens (including phenoxy) is 1. The zero-order chi connectivity index (χ0) is 18.3. The van der Waals surface area contributed by atoms with Gasteiger partial charge in [0.1, 0.15) is 0 Å². The van der Waals surface area contributed by atoms with Crippen molar-refractivity contribution in [3.63, 3.8) is 0 Å². The third kappa shape index (κ3) is 7.98. The van der Waals surface area contributed by atoms with E-state index in [0.717, 1.165) is 43.8 Å². The molecule has 1 unspecified atom stereocenters. The summed E-state index contributed by atoms with van der Waals surface area (Å²) in [5, 5.41) is 7.54. The van der Waals surface area contributed by atoms with E-state index >= 15 is 0 Å². The van der Waals surface area contributed by atoms with Gasteiger partial charge >= 0.3 is 0 Å². The Hall–Kier alpha value is -0.570. The summed E-state index contributed by atoms with van der Waals surface area (Å²) in [6.45, 7) is 13.4. The average molecular weight is 495 g/mol. The molecule has 2 N–H and O–H groups in total. The number of hydrogen-bond acceptors (Lipinski definition) is 3. The minimum atomic E-state index is -0.0320. The Morgan fingerprint density at radius 2 is 1.85 bits per heavy atom. The molecule has 0 aromatic heterocycles. The van der Waals surface area contributed by atoms with E-state index in [1.54, 1.807) is 0 Å². The van der Waals surface area contributed by atoms with Crippen LogP contribution >= 0.6 is 35.6 Å². The molecule has 1 atom stereocenters. The maximum Gasteiger partial charge on any atom is 0.191 e. The number of hydrogen-bond donors (Lipinski definition) is 2. The van der Waals surface area contributed by atoms with Gasteiger partial charge in [-0.3, -0.25) is 9.89 Å². The van der Waals surface area contributed by atoms with E-state index in [-0.39, 0.29) is 35.6 Å². The van der Waals surface area contributed by atoms with E-state index < -0.39 is 0 Å². The van der Waals surface area contributed by atoms with Crippen molar-refractivity contribution in [1.82, 2.24) is 15.5 Å². The SMILES string of the molecule is CCNC(=NCC(c1ccc(Cl)cc1)N1CCOCC1)NC(C)(C)C.I. The predicted molar refractivity (Wildman–Crippen MR) is 121 cm³/mol. The monoisotopic (exact) mass is 494 g/mol. The van der Waals surface area contributed by atoms with Gasteiger partial charge in [0.05, 0.1) is 25.8 Å². The van der Waals surface area contributed by atoms with Gasteiger partial charge in [-0.1, -0.05) is 23.7 Å². The molecule has 1 aromatic rings. The van der Waals surface area contributed by atoms with Crippen LogP contribution in [0.3, 0.4) is 0 Å². The van der Waals surface area contributed by atoms with Gasteiger partial charge in [-0.15, -0.1) is 24.0 Å². The van der Waals surface area contributed by atoms with E-state index in [4.69, 9.17) is 21.3 Å². The summed E-state index contributed by atoms with van der Waals surface area (Å²) in [6, 6.07) is 8.32. The topological polar surface area (TPSA) is 48.9 Å². The maximum atomic E-state index is 6.06. The first-order chi connectivity index (χ1) is 11.9. The molecule has 0 spiro atoms. The van der Waals surface area contributed by atoms with E-state index in [2.05, 4.69) is 55.4 Å². The molecule has 1 aromatic carbocycles. The van der Waals surface area contributed by atoms with Crippen LogP contribution in [0.15, 0.2) is 29.3 Å². The Morgan fingerprint density at radius 3 is 2.38 bits per heavy atom. The zero-order valence-electron chi connectivity index (χ0n) is 16.2. The molecule has 0 saturated carbocycles. The maximum absolute atomic E-state index is 6.06. The number of morpholine rings is 1. The first-order valence-electron chi connectivity index (χ1n) is 9.03. The van der Waals surface area contributed by atoms with E-state index in [0.29, 0.717) is 6.54 Å². The van der Waals surface area contributed by atoms with Crippen molar-refractivity contribution in [3.05, 3.63) is 34.9 Å². The highest BCUT2D eigenvalue weighted by atomic mass is 127. The van der Waals surface area contributed by atoms with Gasteiger partial charge in [-0.05, 0) is 45.4 Å². The summed E-state index contributed by atoms with van der Waals surface area (Å²) in [5.41, 5.74) is 1.21. The van der Waals surface area contributed by atoms with Gasteiger partial charge in [-0.2, -0.15) is 0 Å². The van der Waals surface area contributed by atoms with Crippen molar-refractivity contribution in [2.45, 2.75) is 39.3 Å². The fourth-order valence-electron chi connectivity index (χ4n) is 2.85. The van der Waals surface area contributed by atoms with Crippen molar-refractivity contribution in [2.75, 3.05) is 39.4 Å². The highest BCUT2D eigenvalue weighted by molar-refractivity contribution is 14.0. The molecule has 2 rings (SSSR count). The molecule has 1 fully saturated rings. The summed E-state index contributed by atoms with van der Waals surface area (Å²) >= 11 is 6.06. The van der Waals surface area contributed by atoms with Crippen molar-refractivity contribution in [3.8, 4) is 0 Å². The van der Waals surface area contributed by atoms with Crippen LogP contribution in [0, 0.1) is 0 Å². The normalized spacial score (nSPS) is 17.3. The number of benzene rings is 1. The number of nitrogens with one attached hydrogen (secondary N) is 2.